The Hall–Kier alpha value is -0.650. The first-order chi connectivity index (χ1) is 8.57. The van der Waals surface area contributed by atoms with Gasteiger partial charge in [0, 0.05) is 44.7 Å². The van der Waals surface area contributed by atoms with Crippen LogP contribution in [0.15, 0.2) is 0 Å². The van der Waals surface area contributed by atoms with Crippen molar-refractivity contribution < 1.29 is 9.90 Å². The number of aliphatic hydroxyl groups is 1. The maximum absolute atomic E-state index is 12.0. The number of nitrogens with two attached hydrogens (primary N) is 1. The molecule has 19 heavy (non-hydrogen) atoms. The van der Waals surface area contributed by atoms with Gasteiger partial charge < -0.3 is 15.7 Å². The smallest absolute Gasteiger partial charge is 0.222 e. The molecule has 112 valence electrons. The second-order valence-corrected chi connectivity index (χ2v) is 6.96. The Kier molecular flexibility index (Phi) is 5.35. The molecule has 0 unspecified atom stereocenters. The molecule has 1 fully saturated rings. The molecule has 0 spiro atoms. The van der Waals surface area contributed by atoms with Crippen LogP contribution in [0.25, 0.3) is 0 Å². The average molecular weight is 271 g/mol. The fraction of sp³-hybridized carbons (Fsp3) is 0.929. The van der Waals surface area contributed by atoms with Gasteiger partial charge in [-0.2, -0.15) is 0 Å². The van der Waals surface area contributed by atoms with E-state index in [0.717, 1.165) is 32.6 Å². The lowest BCUT2D eigenvalue weighted by atomic mass is 9.99. The first-order valence-electron chi connectivity index (χ1n) is 7.08. The molecule has 0 radical (unpaired) electrons. The van der Waals surface area contributed by atoms with E-state index in [2.05, 4.69) is 4.90 Å². The third-order valence-corrected chi connectivity index (χ3v) is 3.32. The van der Waals surface area contributed by atoms with Gasteiger partial charge in [0.1, 0.15) is 0 Å². The maximum atomic E-state index is 12.0. The van der Waals surface area contributed by atoms with Crippen molar-refractivity contribution in [3.63, 3.8) is 0 Å². The van der Waals surface area contributed by atoms with Gasteiger partial charge in [0.25, 0.3) is 0 Å². The standard InChI is InChI=1S/C14H29N3O2/c1-13(2,15)6-5-12(18)17-9-7-16(8-10-17)11-14(3,4)19/h19H,5-11,15H2,1-4H3. The molecule has 0 aromatic heterocycles. The van der Waals surface area contributed by atoms with Gasteiger partial charge in [0.15, 0.2) is 0 Å². The Bertz CT molecular complexity index is 297. The van der Waals surface area contributed by atoms with Crippen molar-refractivity contribution in [1.29, 1.82) is 0 Å². The van der Waals surface area contributed by atoms with Gasteiger partial charge in [0.05, 0.1) is 5.60 Å². The molecule has 0 aromatic carbocycles. The minimum absolute atomic E-state index is 0.196. The van der Waals surface area contributed by atoms with Crippen LogP contribution in [0.4, 0.5) is 0 Å². The van der Waals surface area contributed by atoms with Crippen molar-refractivity contribution in [2.45, 2.75) is 51.7 Å². The highest BCUT2D eigenvalue weighted by molar-refractivity contribution is 5.76. The highest BCUT2D eigenvalue weighted by atomic mass is 16.3. The maximum Gasteiger partial charge on any atom is 0.222 e. The van der Waals surface area contributed by atoms with Gasteiger partial charge in [0.2, 0.25) is 5.91 Å². The van der Waals surface area contributed by atoms with E-state index in [1.807, 2.05) is 32.6 Å². The molecule has 1 heterocycles. The number of amides is 1. The Labute approximate surface area is 116 Å². The quantitative estimate of drug-likeness (QED) is 0.760. The molecule has 1 aliphatic rings. The molecule has 0 bridgehead atoms. The molecule has 5 nitrogen and oxygen atoms in total. The monoisotopic (exact) mass is 271 g/mol. The van der Waals surface area contributed by atoms with Crippen LogP contribution in [0.5, 0.6) is 0 Å². The van der Waals surface area contributed by atoms with Crippen LogP contribution in [0.3, 0.4) is 0 Å². The van der Waals surface area contributed by atoms with Gasteiger partial charge in [-0.15, -0.1) is 0 Å². The third kappa shape index (κ3) is 6.89. The number of carbonyl (C=O) groups excluding carboxylic acids is 1. The Morgan fingerprint density at radius 1 is 1.16 bits per heavy atom. The molecule has 0 aliphatic carbocycles. The lowest BCUT2D eigenvalue weighted by molar-refractivity contribution is -0.133. The predicted molar refractivity (Wildman–Crippen MR) is 76.8 cm³/mol. The van der Waals surface area contributed by atoms with Crippen LogP contribution < -0.4 is 5.73 Å². The van der Waals surface area contributed by atoms with Gasteiger partial charge in [-0.25, -0.2) is 0 Å². The summed E-state index contributed by atoms with van der Waals surface area (Å²) in [6.07, 6.45) is 1.24. The number of carbonyl (C=O) groups is 1. The van der Waals surface area contributed by atoms with E-state index in [1.165, 1.54) is 0 Å². The molecule has 1 amide bonds. The van der Waals surface area contributed by atoms with Crippen molar-refractivity contribution in [2.24, 2.45) is 5.73 Å². The summed E-state index contributed by atoms with van der Waals surface area (Å²) in [5.74, 6) is 0.196. The molecule has 0 saturated carbocycles. The third-order valence-electron chi connectivity index (χ3n) is 3.32. The highest BCUT2D eigenvalue weighted by Crippen LogP contribution is 2.12. The lowest BCUT2D eigenvalue weighted by Crippen LogP contribution is -2.52. The fourth-order valence-corrected chi connectivity index (χ4v) is 2.29. The summed E-state index contributed by atoms with van der Waals surface area (Å²) < 4.78 is 0. The van der Waals surface area contributed by atoms with Gasteiger partial charge in [-0.3, -0.25) is 9.69 Å². The Balaban J connectivity index is 2.31. The van der Waals surface area contributed by atoms with E-state index in [-0.39, 0.29) is 11.4 Å². The number of β-amino-alcohol motifs (C(OH)–C–C–N with tert-alkyl or cyclic N) is 1. The van der Waals surface area contributed by atoms with E-state index < -0.39 is 5.60 Å². The molecule has 1 saturated heterocycles. The number of hydrogen-bond donors (Lipinski definition) is 2. The number of nitrogens with zero attached hydrogens (tertiary/aromatic N) is 2. The van der Waals surface area contributed by atoms with Gasteiger partial charge in [-0.1, -0.05) is 0 Å². The normalized spacial score (nSPS) is 18.7. The first-order valence-corrected chi connectivity index (χ1v) is 7.08. The minimum Gasteiger partial charge on any atom is -0.389 e. The van der Waals surface area contributed by atoms with Crippen LogP contribution in [-0.2, 0) is 4.79 Å². The summed E-state index contributed by atoms with van der Waals surface area (Å²) in [6.45, 7) is 11.3. The summed E-state index contributed by atoms with van der Waals surface area (Å²) in [4.78, 5) is 16.2. The van der Waals surface area contributed by atoms with Crippen LogP contribution in [0.2, 0.25) is 0 Å². The van der Waals surface area contributed by atoms with E-state index in [4.69, 9.17) is 5.73 Å². The van der Waals surface area contributed by atoms with Crippen molar-refractivity contribution in [1.82, 2.24) is 9.80 Å². The second kappa shape index (κ2) is 6.20. The number of hydrogen-bond acceptors (Lipinski definition) is 4. The summed E-state index contributed by atoms with van der Waals surface area (Å²) in [6, 6.07) is 0. The zero-order chi connectivity index (χ0) is 14.7. The molecule has 5 heteroatoms. The van der Waals surface area contributed by atoms with E-state index in [9.17, 15) is 9.90 Å². The second-order valence-electron chi connectivity index (χ2n) is 6.96. The van der Waals surface area contributed by atoms with E-state index in [1.54, 1.807) is 0 Å². The van der Waals surface area contributed by atoms with Gasteiger partial charge >= 0.3 is 0 Å². The van der Waals surface area contributed by atoms with Crippen molar-refractivity contribution >= 4 is 5.91 Å². The molecule has 0 aromatic rings. The summed E-state index contributed by atoms with van der Waals surface area (Å²) in [5.41, 5.74) is 4.95. The SMILES string of the molecule is CC(C)(N)CCC(=O)N1CCN(CC(C)(C)O)CC1. The van der Waals surface area contributed by atoms with Crippen molar-refractivity contribution in [3.8, 4) is 0 Å². The van der Waals surface area contributed by atoms with Crippen LogP contribution in [0.1, 0.15) is 40.5 Å². The van der Waals surface area contributed by atoms with Gasteiger partial charge in [-0.05, 0) is 34.1 Å². The average Bonchev–Trinajstić information content (AvgIpc) is 2.23. The van der Waals surface area contributed by atoms with Crippen molar-refractivity contribution in [2.75, 3.05) is 32.7 Å². The Morgan fingerprint density at radius 2 is 1.68 bits per heavy atom. The Morgan fingerprint density at radius 3 is 2.11 bits per heavy atom. The topological polar surface area (TPSA) is 69.8 Å². The highest BCUT2D eigenvalue weighted by Gasteiger charge is 2.25. The van der Waals surface area contributed by atoms with Crippen molar-refractivity contribution in [3.05, 3.63) is 0 Å². The molecule has 1 aliphatic heterocycles. The molecule has 3 N–H and O–H groups in total. The lowest BCUT2D eigenvalue weighted by Gasteiger charge is -2.37. The van der Waals surface area contributed by atoms with E-state index in [0.29, 0.717) is 13.0 Å². The largest absolute Gasteiger partial charge is 0.389 e. The molecule has 1 rings (SSSR count). The zero-order valence-corrected chi connectivity index (χ0v) is 12.8. The molecular formula is C14H29N3O2. The van der Waals surface area contributed by atoms with Crippen LogP contribution >= 0.6 is 0 Å². The molecule has 0 atom stereocenters. The number of piperazine rings is 1. The first kappa shape index (κ1) is 16.4. The van der Waals surface area contributed by atoms with Crippen LogP contribution in [0, 0.1) is 0 Å². The summed E-state index contributed by atoms with van der Waals surface area (Å²) >= 11 is 0. The minimum atomic E-state index is -0.671. The molecular weight excluding hydrogens is 242 g/mol. The summed E-state index contributed by atoms with van der Waals surface area (Å²) in [7, 11) is 0. The fourth-order valence-electron chi connectivity index (χ4n) is 2.29. The van der Waals surface area contributed by atoms with E-state index >= 15 is 0 Å². The number of rotatable bonds is 5. The predicted octanol–water partition coefficient (Wildman–Crippen LogP) is 0.419. The zero-order valence-electron chi connectivity index (χ0n) is 12.8. The summed E-state index contributed by atoms with van der Waals surface area (Å²) in [5, 5.41) is 9.78. The van der Waals surface area contributed by atoms with Crippen LogP contribution in [-0.4, -0.2) is 64.7 Å².